The van der Waals surface area contributed by atoms with Crippen LogP contribution in [0.4, 0.5) is 5.13 Å². The first-order valence-corrected chi connectivity index (χ1v) is 11.1. The predicted octanol–water partition coefficient (Wildman–Crippen LogP) is 4.85. The number of anilines is 1. The van der Waals surface area contributed by atoms with E-state index in [0.29, 0.717) is 46.0 Å². The number of carbonyl (C=O) groups is 2. The fourth-order valence-electron chi connectivity index (χ4n) is 3.71. The number of fused-ring (bicyclic) bond motifs is 1. The molecule has 32 heavy (non-hydrogen) atoms. The van der Waals surface area contributed by atoms with E-state index >= 15 is 0 Å². The lowest BCUT2D eigenvalue weighted by molar-refractivity contribution is -0.132. The molecule has 0 radical (unpaired) electrons. The third-order valence-corrected chi connectivity index (χ3v) is 6.65. The average Bonchev–Trinajstić information content (AvgIpc) is 3.42. The Balaban J connectivity index is 1.70. The van der Waals surface area contributed by atoms with Gasteiger partial charge < -0.3 is 14.6 Å². The zero-order valence-electron chi connectivity index (χ0n) is 16.2. The van der Waals surface area contributed by atoms with E-state index in [0.717, 1.165) is 0 Å². The SMILES string of the molecule is O=C1C(=O)N(c2nccs2)C(c2ccc(Cl)c(Cl)c2)C1=C(O)c1ccc2c(c1)OCCO2. The Morgan fingerprint density at radius 1 is 1.06 bits per heavy atom. The Kier molecular flexibility index (Phi) is 5.28. The second kappa shape index (κ2) is 8.12. The lowest BCUT2D eigenvalue weighted by Crippen LogP contribution is -2.29. The van der Waals surface area contributed by atoms with Crippen molar-refractivity contribution in [3.8, 4) is 11.5 Å². The number of ketones is 1. The van der Waals surface area contributed by atoms with Crippen molar-refractivity contribution in [2.75, 3.05) is 18.1 Å². The van der Waals surface area contributed by atoms with Crippen LogP contribution in [0.2, 0.25) is 10.0 Å². The minimum Gasteiger partial charge on any atom is -0.507 e. The van der Waals surface area contributed by atoms with Gasteiger partial charge in [-0.25, -0.2) is 4.98 Å². The van der Waals surface area contributed by atoms with Gasteiger partial charge in [0.25, 0.3) is 5.78 Å². The van der Waals surface area contributed by atoms with E-state index in [2.05, 4.69) is 4.98 Å². The molecule has 0 saturated carbocycles. The van der Waals surface area contributed by atoms with Crippen molar-refractivity contribution in [3.05, 3.63) is 74.7 Å². The predicted molar refractivity (Wildman–Crippen MR) is 121 cm³/mol. The van der Waals surface area contributed by atoms with Crippen LogP contribution in [0.3, 0.4) is 0 Å². The van der Waals surface area contributed by atoms with Crippen LogP contribution in [0.15, 0.2) is 53.5 Å². The largest absolute Gasteiger partial charge is 0.507 e. The van der Waals surface area contributed by atoms with Gasteiger partial charge in [-0.2, -0.15) is 0 Å². The fraction of sp³-hybridized carbons (Fsp3) is 0.136. The molecule has 3 heterocycles. The number of Topliss-reactive ketones (excluding diaryl/α,β-unsaturated/α-hetero) is 1. The zero-order chi connectivity index (χ0) is 22.4. The standard InChI is InChI=1S/C22H14Cl2N2O5S/c23-13-3-1-11(9-14(13)24)18-17(20(28)21(29)26(18)22-25-5-8-32-22)19(27)12-2-4-15-16(10-12)31-7-6-30-15/h1-5,8-10,18,27H,6-7H2. The maximum atomic E-state index is 13.1. The Morgan fingerprint density at radius 3 is 2.56 bits per heavy atom. The van der Waals surface area contributed by atoms with Gasteiger partial charge in [-0.15, -0.1) is 11.3 Å². The first-order chi connectivity index (χ1) is 15.5. The monoisotopic (exact) mass is 488 g/mol. The van der Waals surface area contributed by atoms with Gasteiger partial charge >= 0.3 is 5.91 Å². The highest BCUT2D eigenvalue weighted by atomic mass is 35.5. The number of amides is 1. The normalized spacial score (nSPS) is 19.4. The van der Waals surface area contributed by atoms with Gasteiger partial charge in [0.05, 0.1) is 21.7 Å². The molecular weight excluding hydrogens is 475 g/mol. The van der Waals surface area contributed by atoms with Gasteiger partial charge in [0.2, 0.25) is 0 Å². The summed E-state index contributed by atoms with van der Waals surface area (Å²) in [6.45, 7) is 0.795. The van der Waals surface area contributed by atoms with Crippen molar-refractivity contribution in [1.29, 1.82) is 0 Å². The number of hydrogen-bond donors (Lipinski definition) is 1. The summed E-state index contributed by atoms with van der Waals surface area (Å²) < 4.78 is 11.1. The molecule has 1 unspecified atom stereocenters. The van der Waals surface area contributed by atoms with Gasteiger partial charge in [0.1, 0.15) is 19.0 Å². The van der Waals surface area contributed by atoms with Crippen LogP contribution in [0.1, 0.15) is 17.2 Å². The van der Waals surface area contributed by atoms with Gasteiger partial charge in [0.15, 0.2) is 16.6 Å². The number of ether oxygens (including phenoxy) is 2. The molecule has 1 fully saturated rings. The smallest absolute Gasteiger partial charge is 0.301 e. The van der Waals surface area contributed by atoms with E-state index in [1.807, 2.05) is 0 Å². The first-order valence-electron chi connectivity index (χ1n) is 9.51. The summed E-state index contributed by atoms with van der Waals surface area (Å²) in [5.41, 5.74) is 0.740. The van der Waals surface area contributed by atoms with Gasteiger partial charge in [-0.05, 0) is 35.9 Å². The summed E-state index contributed by atoms with van der Waals surface area (Å²) in [6.07, 6.45) is 1.53. The number of aromatic nitrogens is 1. The summed E-state index contributed by atoms with van der Waals surface area (Å²) in [7, 11) is 0. The fourth-order valence-corrected chi connectivity index (χ4v) is 4.68. The number of hydrogen-bond acceptors (Lipinski definition) is 7. The molecule has 5 rings (SSSR count). The first kappa shape index (κ1) is 20.8. The van der Waals surface area contributed by atoms with Crippen molar-refractivity contribution in [1.82, 2.24) is 4.98 Å². The van der Waals surface area contributed by atoms with E-state index < -0.39 is 17.7 Å². The van der Waals surface area contributed by atoms with Crippen LogP contribution in [-0.2, 0) is 9.59 Å². The minimum absolute atomic E-state index is 0.0831. The molecule has 3 aromatic rings. The number of rotatable bonds is 3. The molecule has 2 aliphatic heterocycles. The molecule has 1 amide bonds. The van der Waals surface area contributed by atoms with Gasteiger partial charge in [0, 0.05) is 17.1 Å². The molecule has 0 aliphatic carbocycles. The van der Waals surface area contributed by atoms with Crippen LogP contribution in [0.25, 0.3) is 5.76 Å². The molecule has 2 aromatic carbocycles. The third-order valence-electron chi connectivity index (χ3n) is 5.14. The quantitative estimate of drug-likeness (QED) is 0.322. The number of thiazole rings is 1. The number of aliphatic hydroxyl groups excluding tert-OH is 1. The number of halogens is 2. The maximum Gasteiger partial charge on any atom is 0.301 e. The van der Waals surface area contributed by atoms with Crippen LogP contribution in [0, 0.1) is 0 Å². The maximum absolute atomic E-state index is 13.1. The summed E-state index contributed by atoms with van der Waals surface area (Å²) in [5.74, 6) is -0.980. The topological polar surface area (TPSA) is 89.0 Å². The number of aliphatic hydroxyl groups is 1. The molecule has 1 aromatic heterocycles. The third kappa shape index (κ3) is 3.40. The molecule has 7 nitrogen and oxygen atoms in total. The van der Waals surface area contributed by atoms with E-state index in [4.69, 9.17) is 32.7 Å². The highest BCUT2D eigenvalue weighted by molar-refractivity contribution is 7.14. The number of benzene rings is 2. The molecule has 1 atom stereocenters. The Bertz CT molecular complexity index is 1280. The van der Waals surface area contributed by atoms with Crippen molar-refractivity contribution in [3.63, 3.8) is 0 Å². The summed E-state index contributed by atoms with van der Waals surface area (Å²) in [4.78, 5) is 31.6. The molecule has 0 bridgehead atoms. The number of nitrogens with zero attached hydrogens (tertiary/aromatic N) is 2. The highest BCUT2D eigenvalue weighted by Crippen LogP contribution is 2.44. The van der Waals surface area contributed by atoms with Crippen molar-refractivity contribution >= 4 is 57.1 Å². The van der Waals surface area contributed by atoms with Crippen molar-refractivity contribution in [2.45, 2.75) is 6.04 Å². The van der Waals surface area contributed by atoms with Gasteiger partial charge in [-0.3, -0.25) is 14.5 Å². The number of carbonyl (C=O) groups excluding carboxylic acids is 2. The lowest BCUT2D eigenvalue weighted by Gasteiger charge is -2.23. The molecule has 10 heteroatoms. The summed E-state index contributed by atoms with van der Waals surface area (Å²) >= 11 is 13.5. The molecule has 1 saturated heterocycles. The summed E-state index contributed by atoms with van der Waals surface area (Å²) in [6, 6.07) is 8.68. The highest BCUT2D eigenvalue weighted by Gasteiger charge is 2.48. The second-order valence-corrected chi connectivity index (χ2v) is 8.70. The van der Waals surface area contributed by atoms with Gasteiger partial charge in [-0.1, -0.05) is 29.3 Å². The zero-order valence-corrected chi connectivity index (χ0v) is 18.6. The Morgan fingerprint density at radius 2 is 1.84 bits per heavy atom. The average molecular weight is 489 g/mol. The molecule has 1 N–H and O–H groups in total. The van der Waals surface area contributed by atoms with E-state index in [9.17, 15) is 14.7 Å². The van der Waals surface area contributed by atoms with E-state index in [1.165, 1.54) is 22.4 Å². The van der Waals surface area contributed by atoms with Crippen LogP contribution < -0.4 is 14.4 Å². The Labute approximate surface area is 196 Å². The Hall–Kier alpha value is -3.07. The van der Waals surface area contributed by atoms with Crippen molar-refractivity contribution in [2.24, 2.45) is 0 Å². The molecule has 0 spiro atoms. The molecular formula is C22H14Cl2N2O5S. The van der Waals surface area contributed by atoms with E-state index in [1.54, 1.807) is 41.8 Å². The van der Waals surface area contributed by atoms with E-state index in [-0.39, 0.29) is 16.4 Å². The van der Waals surface area contributed by atoms with Crippen LogP contribution in [0.5, 0.6) is 11.5 Å². The van der Waals surface area contributed by atoms with Crippen LogP contribution >= 0.6 is 34.5 Å². The summed E-state index contributed by atoms with van der Waals surface area (Å²) in [5, 5.41) is 13.8. The van der Waals surface area contributed by atoms with Crippen LogP contribution in [-0.4, -0.2) is 35.0 Å². The minimum atomic E-state index is -0.941. The second-order valence-electron chi connectivity index (χ2n) is 7.02. The molecule has 162 valence electrons. The van der Waals surface area contributed by atoms with Crippen molar-refractivity contribution < 1.29 is 24.2 Å². The molecule has 2 aliphatic rings. The lowest BCUT2D eigenvalue weighted by atomic mass is 9.95.